The van der Waals surface area contributed by atoms with Crippen LogP contribution >= 0.6 is 23.2 Å². The van der Waals surface area contributed by atoms with E-state index >= 15 is 0 Å². The summed E-state index contributed by atoms with van der Waals surface area (Å²) in [5, 5.41) is 4.99. The molecule has 0 amide bonds. The first-order chi connectivity index (χ1) is 7.61. The monoisotopic (exact) mass is 255 g/mol. The molecule has 0 radical (unpaired) electrons. The van der Waals surface area contributed by atoms with Crippen LogP contribution in [-0.2, 0) is 6.42 Å². The fourth-order valence-corrected chi connectivity index (χ4v) is 2.90. The Morgan fingerprint density at radius 2 is 2.25 bits per heavy atom. The van der Waals surface area contributed by atoms with E-state index in [1.54, 1.807) is 0 Å². The molecule has 0 aromatic heterocycles. The summed E-state index contributed by atoms with van der Waals surface area (Å²) >= 11 is 12.2. The van der Waals surface area contributed by atoms with Gasteiger partial charge in [-0.3, -0.25) is 0 Å². The second-order valence-corrected chi connectivity index (χ2v) is 5.09. The Morgan fingerprint density at radius 1 is 1.50 bits per heavy atom. The van der Waals surface area contributed by atoms with E-state index in [1.165, 1.54) is 11.1 Å². The molecule has 0 spiro atoms. The minimum Gasteiger partial charge on any atom is -0.304 e. The average molecular weight is 256 g/mol. The van der Waals surface area contributed by atoms with Crippen LogP contribution in [0.1, 0.15) is 30.5 Å². The van der Waals surface area contributed by atoms with Gasteiger partial charge in [0.05, 0.1) is 0 Å². The standard InChI is InChI=1S/C13H15Cl2N/c1-3-8(2)16-12-5-4-9-6-10(14)7-11(15)13(9)12/h3,6-8,12,16H,1,4-5H2,2H3. The number of hydrogen-bond donors (Lipinski definition) is 1. The Balaban J connectivity index is 2.28. The van der Waals surface area contributed by atoms with Gasteiger partial charge in [0.2, 0.25) is 0 Å². The third kappa shape index (κ3) is 2.27. The van der Waals surface area contributed by atoms with E-state index in [0.29, 0.717) is 12.1 Å². The minimum absolute atomic E-state index is 0.294. The predicted octanol–water partition coefficient (Wildman–Crippen LogP) is 4.14. The summed E-state index contributed by atoms with van der Waals surface area (Å²) in [6, 6.07) is 4.46. The molecule has 2 unspecified atom stereocenters. The zero-order valence-electron chi connectivity index (χ0n) is 9.26. The molecule has 0 fully saturated rings. The number of hydrogen-bond acceptors (Lipinski definition) is 1. The van der Waals surface area contributed by atoms with Crippen molar-refractivity contribution in [3.8, 4) is 0 Å². The van der Waals surface area contributed by atoms with Gasteiger partial charge in [-0.15, -0.1) is 6.58 Å². The molecule has 0 heterocycles. The smallest absolute Gasteiger partial charge is 0.0471 e. The van der Waals surface area contributed by atoms with Crippen molar-refractivity contribution in [1.82, 2.24) is 5.32 Å². The lowest BCUT2D eigenvalue weighted by Crippen LogP contribution is -2.27. The molecule has 1 nitrogen and oxygen atoms in total. The molecular weight excluding hydrogens is 241 g/mol. The third-order valence-corrected chi connectivity index (χ3v) is 3.58. The first-order valence-corrected chi connectivity index (χ1v) is 6.24. The normalized spacial score (nSPS) is 20.6. The zero-order valence-corrected chi connectivity index (χ0v) is 10.8. The quantitative estimate of drug-likeness (QED) is 0.801. The van der Waals surface area contributed by atoms with E-state index in [4.69, 9.17) is 23.2 Å². The molecule has 0 saturated heterocycles. The predicted molar refractivity (Wildman–Crippen MR) is 70.3 cm³/mol. The lowest BCUT2D eigenvalue weighted by molar-refractivity contribution is 0.500. The summed E-state index contributed by atoms with van der Waals surface area (Å²) in [6.07, 6.45) is 4.02. The summed E-state index contributed by atoms with van der Waals surface area (Å²) in [5.41, 5.74) is 2.48. The molecule has 3 heteroatoms. The number of benzene rings is 1. The van der Waals surface area contributed by atoms with Crippen LogP contribution in [-0.4, -0.2) is 6.04 Å². The summed E-state index contributed by atoms with van der Waals surface area (Å²) in [6.45, 7) is 5.87. The van der Waals surface area contributed by atoms with E-state index in [9.17, 15) is 0 Å². The Morgan fingerprint density at radius 3 is 2.94 bits per heavy atom. The number of rotatable bonds is 3. The van der Waals surface area contributed by atoms with Gasteiger partial charge in [-0.25, -0.2) is 0 Å². The van der Waals surface area contributed by atoms with Gasteiger partial charge in [0, 0.05) is 22.1 Å². The SMILES string of the molecule is C=CC(C)NC1CCc2cc(Cl)cc(Cl)c21. The van der Waals surface area contributed by atoms with Crippen molar-refractivity contribution in [3.63, 3.8) is 0 Å². The van der Waals surface area contributed by atoms with Gasteiger partial charge in [0.15, 0.2) is 0 Å². The Kier molecular flexibility index (Phi) is 3.58. The maximum absolute atomic E-state index is 6.25. The van der Waals surface area contributed by atoms with Gasteiger partial charge in [0.1, 0.15) is 0 Å². The first-order valence-electron chi connectivity index (χ1n) is 5.48. The van der Waals surface area contributed by atoms with E-state index in [2.05, 4.69) is 18.8 Å². The maximum Gasteiger partial charge on any atom is 0.0471 e. The molecule has 86 valence electrons. The Hall–Kier alpha value is -0.500. The van der Waals surface area contributed by atoms with Crippen LogP contribution in [0.4, 0.5) is 0 Å². The molecular formula is C13H15Cl2N. The van der Waals surface area contributed by atoms with Gasteiger partial charge < -0.3 is 5.32 Å². The highest BCUT2D eigenvalue weighted by Crippen LogP contribution is 2.38. The third-order valence-electron chi connectivity index (χ3n) is 3.05. The van der Waals surface area contributed by atoms with Crippen LogP contribution in [0.3, 0.4) is 0 Å². The largest absolute Gasteiger partial charge is 0.304 e. The highest BCUT2D eigenvalue weighted by atomic mass is 35.5. The molecule has 1 N–H and O–H groups in total. The van der Waals surface area contributed by atoms with Crippen LogP contribution in [0.2, 0.25) is 10.0 Å². The van der Waals surface area contributed by atoms with E-state index in [-0.39, 0.29) is 0 Å². The van der Waals surface area contributed by atoms with Crippen molar-refractivity contribution >= 4 is 23.2 Å². The van der Waals surface area contributed by atoms with E-state index in [0.717, 1.165) is 22.9 Å². The van der Waals surface area contributed by atoms with Gasteiger partial charge in [0.25, 0.3) is 0 Å². The number of halogens is 2. The zero-order chi connectivity index (χ0) is 11.7. The second-order valence-electron chi connectivity index (χ2n) is 4.24. The van der Waals surface area contributed by atoms with E-state index < -0.39 is 0 Å². The number of nitrogens with one attached hydrogen (secondary N) is 1. The second kappa shape index (κ2) is 4.79. The molecule has 1 aliphatic carbocycles. The van der Waals surface area contributed by atoms with Crippen molar-refractivity contribution < 1.29 is 0 Å². The van der Waals surface area contributed by atoms with Crippen LogP contribution in [0.25, 0.3) is 0 Å². The summed E-state index contributed by atoms with van der Waals surface area (Å²) in [7, 11) is 0. The van der Waals surface area contributed by atoms with Gasteiger partial charge >= 0.3 is 0 Å². The Labute approximate surface area is 106 Å². The van der Waals surface area contributed by atoms with E-state index in [1.807, 2.05) is 18.2 Å². The summed E-state index contributed by atoms with van der Waals surface area (Å²) < 4.78 is 0. The van der Waals surface area contributed by atoms with Crippen molar-refractivity contribution in [2.45, 2.75) is 31.8 Å². The highest BCUT2D eigenvalue weighted by molar-refractivity contribution is 6.35. The molecule has 0 bridgehead atoms. The van der Waals surface area contributed by atoms with Crippen molar-refractivity contribution in [1.29, 1.82) is 0 Å². The molecule has 1 aromatic rings. The summed E-state index contributed by atoms with van der Waals surface area (Å²) in [4.78, 5) is 0. The van der Waals surface area contributed by atoms with Crippen molar-refractivity contribution in [2.24, 2.45) is 0 Å². The molecule has 2 rings (SSSR count). The molecule has 0 saturated carbocycles. The molecule has 2 atom stereocenters. The van der Waals surface area contributed by atoms with Crippen LogP contribution < -0.4 is 5.32 Å². The van der Waals surface area contributed by atoms with Crippen molar-refractivity contribution in [2.75, 3.05) is 0 Å². The van der Waals surface area contributed by atoms with Crippen molar-refractivity contribution in [3.05, 3.63) is 46.0 Å². The number of fused-ring (bicyclic) bond motifs is 1. The lowest BCUT2D eigenvalue weighted by Gasteiger charge is -2.18. The van der Waals surface area contributed by atoms with Crippen LogP contribution in [0.5, 0.6) is 0 Å². The molecule has 16 heavy (non-hydrogen) atoms. The fraction of sp³-hybridized carbons (Fsp3) is 0.385. The average Bonchev–Trinajstić information content (AvgIpc) is 2.61. The van der Waals surface area contributed by atoms with Gasteiger partial charge in [-0.2, -0.15) is 0 Å². The van der Waals surface area contributed by atoms with Crippen LogP contribution in [0, 0.1) is 0 Å². The maximum atomic E-state index is 6.25. The minimum atomic E-state index is 0.294. The Bertz CT molecular complexity index is 415. The first kappa shape index (κ1) is 12.0. The molecule has 1 aromatic carbocycles. The number of aryl methyl sites for hydroxylation is 1. The summed E-state index contributed by atoms with van der Waals surface area (Å²) in [5.74, 6) is 0. The fourth-order valence-electron chi connectivity index (χ4n) is 2.23. The van der Waals surface area contributed by atoms with Gasteiger partial charge in [-0.1, -0.05) is 29.3 Å². The molecule has 0 aliphatic heterocycles. The topological polar surface area (TPSA) is 12.0 Å². The molecule has 1 aliphatic rings. The van der Waals surface area contributed by atoms with Gasteiger partial charge in [-0.05, 0) is 43.0 Å². The lowest BCUT2D eigenvalue weighted by atomic mass is 10.1. The highest BCUT2D eigenvalue weighted by Gasteiger charge is 2.25. The van der Waals surface area contributed by atoms with Crippen LogP contribution in [0.15, 0.2) is 24.8 Å².